The topological polar surface area (TPSA) is 52.6 Å². The molecule has 2 aliphatic carbocycles. The van der Waals surface area contributed by atoms with Crippen LogP contribution in [0.4, 0.5) is 0 Å². The largest absolute Gasteiger partial charge is 0.460 e. The summed E-state index contributed by atoms with van der Waals surface area (Å²) in [6.07, 6.45) is 3.95. The Morgan fingerprint density at radius 2 is 2.12 bits per heavy atom. The molecule has 1 spiro atoms. The van der Waals surface area contributed by atoms with Gasteiger partial charge in [-0.25, -0.2) is 0 Å². The summed E-state index contributed by atoms with van der Waals surface area (Å²) in [4.78, 5) is 25.2. The maximum atomic E-state index is 12.7. The first-order valence-electron chi connectivity index (χ1n) is 9.26. The van der Waals surface area contributed by atoms with Crippen LogP contribution in [0.5, 0.6) is 0 Å². The van der Waals surface area contributed by atoms with E-state index >= 15 is 0 Å². The van der Waals surface area contributed by atoms with Gasteiger partial charge in [0.25, 0.3) is 0 Å². The average Bonchev–Trinajstić information content (AvgIpc) is 2.91. The van der Waals surface area contributed by atoms with Gasteiger partial charge in [-0.15, -0.1) is 0 Å². The number of fused-ring (bicyclic) bond motifs is 1. The van der Waals surface area contributed by atoms with Crippen LogP contribution in [0.1, 0.15) is 59.8 Å². The Bertz CT molecular complexity index is 548. The zero-order valence-corrected chi connectivity index (χ0v) is 15.4. The summed E-state index contributed by atoms with van der Waals surface area (Å²) in [6.45, 7) is 12.9. The molecular formula is C20H30O4. The van der Waals surface area contributed by atoms with Crippen LogP contribution >= 0.6 is 0 Å². The lowest BCUT2D eigenvalue weighted by molar-refractivity contribution is -0.164. The van der Waals surface area contributed by atoms with E-state index in [0.717, 1.165) is 24.8 Å². The van der Waals surface area contributed by atoms with Crippen LogP contribution in [0.2, 0.25) is 0 Å². The highest BCUT2D eigenvalue weighted by molar-refractivity contribution is 5.86. The van der Waals surface area contributed by atoms with Crippen LogP contribution in [0.3, 0.4) is 0 Å². The van der Waals surface area contributed by atoms with Crippen LogP contribution in [-0.2, 0) is 19.1 Å². The van der Waals surface area contributed by atoms with Crippen LogP contribution in [0.15, 0.2) is 12.2 Å². The van der Waals surface area contributed by atoms with Crippen molar-refractivity contribution in [3.8, 4) is 0 Å². The smallest absolute Gasteiger partial charge is 0.320 e. The predicted molar refractivity (Wildman–Crippen MR) is 91.1 cm³/mol. The van der Waals surface area contributed by atoms with Gasteiger partial charge in [0, 0.05) is 12.3 Å². The third kappa shape index (κ3) is 2.41. The van der Waals surface area contributed by atoms with E-state index in [2.05, 4.69) is 20.4 Å². The second-order valence-electron chi connectivity index (χ2n) is 8.78. The number of rotatable bonds is 3. The molecule has 0 radical (unpaired) electrons. The van der Waals surface area contributed by atoms with Crippen molar-refractivity contribution in [3.05, 3.63) is 12.2 Å². The number of carbonyl (C=O) groups is 2. The minimum atomic E-state index is -0.829. The molecule has 4 heteroatoms. The standard InChI is InChI=1S/C20H30O4/c1-12(2)9-16(21)24-17-15-8-6-7-13(3)19(15,5)11-20(17)14(4)10-23-18(20)22/h12-13,15,17H,4,6-11H2,1-3,5H3/t13-,15+,17+,19+,20+/m0/s1. The van der Waals surface area contributed by atoms with Gasteiger partial charge >= 0.3 is 11.9 Å². The lowest BCUT2D eigenvalue weighted by atomic mass is 9.63. The fourth-order valence-electron chi connectivity index (χ4n) is 5.29. The fourth-order valence-corrected chi connectivity index (χ4v) is 5.29. The Balaban J connectivity index is 1.98. The highest BCUT2D eigenvalue weighted by Crippen LogP contribution is 2.65. The Labute approximate surface area is 145 Å². The van der Waals surface area contributed by atoms with Gasteiger partial charge in [-0.1, -0.05) is 47.1 Å². The van der Waals surface area contributed by atoms with Gasteiger partial charge in [-0.05, 0) is 35.7 Å². The highest BCUT2D eigenvalue weighted by atomic mass is 16.6. The van der Waals surface area contributed by atoms with E-state index in [1.54, 1.807) is 0 Å². The molecule has 3 rings (SSSR count). The number of carbonyl (C=O) groups excluding carboxylic acids is 2. The van der Waals surface area contributed by atoms with Crippen LogP contribution in [0.25, 0.3) is 0 Å². The van der Waals surface area contributed by atoms with Crippen molar-refractivity contribution < 1.29 is 19.1 Å². The number of esters is 2. The summed E-state index contributed by atoms with van der Waals surface area (Å²) >= 11 is 0. The fraction of sp³-hybridized carbons (Fsp3) is 0.800. The first-order valence-corrected chi connectivity index (χ1v) is 9.26. The summed E-state index contributed by atoms with van der Waals surface area (Å²) in [7, 11) is 0. The molecule has 134 valence electrons. The molecule has 3 aliphatic rings. The lowest BCUT2D eigenvalue weighted by Crippen LogP contribution is -2.43. The maximum absolute atomic E-state index is 12.7. The first kappa shape index (κ1) is 17.5. The number of ether oxygens (including phenoxy) is 2. The molecule has 0 aromatic rings. The van der Waals surface area contributed by atoms with Crippen LogP contribution in [-0.4, -0.2) is 24.6 Å². The van der Waals surface area contributed by atoms with E-state index in [0.29, 0.717) is 18.8 Å². The van der Waals surface area contributed by atoms with E-state index in [9.17, 15) is 9.59 Å². The Morgan fingerprint density at radius 3 is 2.71 bits per heavy atom. The molecule has 24 heavy (non-hydrogen) atoms. The maximum Gasteiger partial charge on any atom is 0.320 e. The molecule has 0 unspecified atom stereocenters. The summed E-state index contributed by atoms with van der Waals surface area (Å²) in [5.74, 6) is 0.509. The average molecular weight is 334 g/mol. The van der Waals surface area contributed by atoms with Crippen molar-refractivity contribution in [2.45, 2.75) is 65.9 Å². The molecule has 1 heterocycles. The minimum absolute atomic E-state index is 0.00662. The van der Waals surface area contributed by atoms with Crippen molar-refractivity contribution in [2.75, 3.05) is 6.61 Å². The summed E-state index contributed by atoms with van der Waals surface area (Å²) in [6, 6.07) is 0. The van der Waals surface area contributed by atoms with Crippen LogP contribution in [0, 0.1) is 28.6 Å². The van der Waals surface area contributed by atoms with E-state index in [-0.39, 0.29) is 35.8 Å². The zero-order chi connectivity index (χ0) is 17.7. The van der Waals surface area contributed by atoms with Gasteiger partial charge in [0.2, 0.25) is 0 Å². The summed E-state index contributed by atoms with van der Waals surface area (Å²) < 4.78 is 11.3. The van der Waals surface area contributed by atoms with Gasteiger partial charge in [-0.3, -0.25) is 9.59 Å². The molecule has 3 fully saturated rings. The van der Waals surface area contributed by atoms with Crippen molar-refractivity contribution >= 4 is 11.9 Å². The normalized spacial score (nSPS) is 41.6. The molecular weight excluding hydrogens is 304 g/mol. The second-order valence-corrected chi connectivity index (χ2v) is 8.78. The molecule has 5 atom stereocenters. The third-order valence-corrected chi connectivity index (χ3v) is 6.84. The first-order chi connectivity index (χ1) is 11.2. The number of hydrogen-bond donors (Lipinski definition) is 0. The predicted octanol–water partition coefficient (Wildman–Crippen LogP) is 3.89. The Morgan fingerprint density at radius 1 is 1.42 bits per heavy atom. The summed E-state index contributed by atoms with van der Waals surface area (Å²) in [5, 5.41) is 0. The van der Waals surface area contributed by atoms with Gasteiger partial charge in [0.05, 0.1) is 0 Å². The molecule has 1 aliphatic heterocycles. The van der Waals surface area contributed by atoms with Gasteiger partial charge < -0.3 is 9.47 Å². The molecule has 4 nitrogen and oxygen atoms in total. The minimum Gasteiger partial charge on any atom is -0.460 e. The summed E-state index contributed by atoms with van der Waals surface area (Å²) in [5.41, 5.74) is -0.0458. The van der Waals surface area contributed by atoms with Crippen molar-refractivity contribution in [3.63, 3.8) is 0 Å². The second kappa shape index (κ2) is 5.89. The van der Waals surface area contributed by atoms with Gasteiger partial charge in [0.15, 0.2) is 0 Å². The Kier molecular flexibility index (Phi) is 4.29. The van der Waals surface area contributed by atoms with Crippen molar-refractivity contribution in [1.29, 1.82) is 0 Å². The lowest BCUT2D eigenvalue weighted by Gasteiger charge is -2.43. The highest BCUT2D eigenvalue weighted by Gasteiger charge is 2.69. The van der Waals surface area contributed by atoms with Gasteiger partial charge in [-0.2, -0.15) is 0 Å². The quantitative estimate of drug-likeness (QED) is 0.580. The molecule has 0 bridgehead atoms. The third-order valence-electron chi connectivity index (χ3n) is 6.84. The van der Waals surface area contributed by atoms with Crippen molar-refractivity contribution in [2.24, 2.45) is 28.6 Å². The van der Waals surface area contributed by atoms with Gasteiger partial charge in [0.1, 0.15) is 18.1 Å². The van der Waals surface area contributed by atoms with E-state index < -0.39 is 11.5 Å². The van der Waals surface area contributed by atoms with E-state index in [4.69, 9.17) is 9.47 Å². The zero-order valence-electron chi connectivity index (χ0n) is 15.4. The number of hydrogen-bond acceptors (Lipinski definition) is 4. The SMILES string of the molecule is C=C1COC(=O)[C@]12C[C@@]1(C)[C@H](CCC[C@@H]1C)[C@H]2OC(=O)CC(C)C. The monoisotopic (exact) mass is 334 g/mol. The molecule has 0 aromatic heterocycles. The Hall–Kier alpha value is -1.32. The van der Waals surface area contributed by atoms with Crippen LogP contribution < -0.4 is 0 Å². The van der Waals surface area contributed by atoms with Crippen molar-refractivity contribution in [1.82, 2.24) is 0 Å². The molecule has 0 amide bonds. The molecule has 0 aromatic carbocycles. The number of cyclic esters (lactones) is 1. The van der Waals surface area contributed by atoms with E-state index in [1.807, 2.05) is 13.8 Å². The van der Waals surface area contributed by atoms with E-state index in [1.165, 1.54) is 0 Å². The molecule has 2 saturated carbocycles. The molecule has 1 saturated heterocycles. The molecule has 0 N–H and O–H groups in total.